The fraction of sp³-hybridized carbons (Fsp3) is 0.250. The zero-order valence-electron chi connectivity index (χ0n) is 18.2. The zero-order valence-corrected chi connectivity index (χ0v) is 19.9. The molecule has 0 spiro atoms. The highest BCUT2D eigenvalue weighted by atomic mass is 32.2. The van der Waals surface area contributed by atoms with E-state index in [0.29, 0.717) is 24.1 Å². The number of thiophene rings is 1. The van der Waals surface area contributed by atoms with Crippen molar-refractivity contribution in [3.8, 4) is 0 Å². The maximum Gasteiger partial charge on any atom is 0.319 e. The predicted molar refractivity (Wildman–Crippen MR) is 137 cm³/mol. The van der Waals surface area contributed by atoms with Crippen molar-refractivity contribution >= 4 is 51.6 Å². The second-order valence-corrected chi connectivity index (χ2v) is 10.1. The highest BCUT2D eigenvalue weighted by Crippen LogP contribution is 2.41. The molecule has 8 nitrogen and oxygen atoms in total. The van der Waals surface area contributed by atoms with Crippen molar-refractivity contribution in [2.45, 2.75) is 36.7 Å². The Morgan fingerprint density at radius 3 is 2.59 bits per heavy atom. The summed E-state index contributed by atoms with van der Waals surface area (Å²) >= 11 is 3.11. The van der Waals surface area contributed by atoms with E-state index < -0.39 is 0 Å². The highest BCUT2D eigenvalue weighted by molar-refractivity contribution is 8.15. The van der Waals surface area contributed by atoms with Crippen LogP contribution in [0.25, 0.3) is 0 Å². The Labute approximate surface area is 205 Å². The molecule has 2 atom stereocenters. The van der Waals surface area contributed by atoms with Crippen LogP contribution in [0.2, 0.25) is 0 Å². The van der Waals surface area contributed by atoms with E-state index in [-0.39, 0.29) is 23.2 Å². The smallest absolute Gasteiger partial charge is 0.319 e. The Bertz CT molecular complexity index is 1190. The largest absolute Gasteiger partial charge is 0.384 e. The molecule has 1 fully saturated rings. The van der Waals surface area contributed by atoms with Gasteiger partial charge >= 0.3 is 6.03 Å². The van der Waals surface area contributed by atoms with Crippen LogP contribution < -0.4 is 21.7 Å². The van der Waals surface area contributed by atoms with Gasteiger partial charge in [-0.15, -0.1) is 0 Å². The van der Waals surface area contributed by atoms with Crippen LogP contribution in [-0.4, -0.2) is 33.3 Å². The molecule has 1 aliphatic carbocycles. The van der Waals surface area contributed by atoms with Gasteiger partial charge in [-0.25, -0.2) is 9.78 Å². The minimum atomic E-state index is -0.313. The van der Waals surface area contributed by atoms with Crippen molar-refractivity contribution in [1.82, 2.24) is 15.6 Å². The first-order valence-corrected chi connectivity index (χ1v) is 12.8. The van der Waals surface area contributed by atoms with Gasteiger partial charge in [0.2, 0.25) is 5.91 Å². The summed E-state index contributed by atoms with van der Waals surface area (Å²) in [7, 11) is 0. The number of anilines is 2. The summed E-state index contributed by atoms with van der Waals surface area (Å²) < 4.78 is 0. The molecular weight excluding hydrogens is 468 g/mol. The molecule has 1 aliphatic heterocycles. The summed E-state index contributed by atoms with van der Waals surface area (Å²) in [5.74, 6) is 0.489. The van der Waals surface area contributed by atoms with Gasteiger partial charge in [0.1, 0.15) is 11.1 Å². The summed E-state index contributed by atoms with van der Waals surface area (Å²) in [6, 6.07) is 12.8. The maximum absolute atomic E-state index is 12.9. The first-order chi connectivity index (χ1) is 16.5. The normalized spacial score (nSPS) is 19.4. The number of benzene rings is 1. The van der Waals surface area contributed by atoms with E-state index in [2.05, 4.69) is 26.3 Å². The Balaban J connectivity index is 1.22. The van der Waals surface area contributed by atoms with Gasteiger partial charge in [0.15, 0.2) is 0 Å². The zero-order chi connectivity index (χ0) is 23.5. The van der Waals surface area contributed by atoms with Crippen molar-refractivity contribution in [1.29, 1.82) is 0 Å². The molecule has 1 aromatic carbocycles. The van der Waals surface area contributed by atoms with Crippen molar-refractivity contribution < 1.29 is 9.59 Å². The topological polar surface area (TPSA) is 121 Å². The Morgan fingerprint density at radius 2 is 1.91 bits per heavy atom. The number of carbonyl (C=O) groups is 2. The lowest BCUT2D eigenvalue weighted by Gasteiger charge is -2.15. The SMILES string of the molecule is Nc1ccc(CNC(=O)Nc2ccc(C3=NC(c4ccsc4)C(C(=O)NC4CC4)S3)cc2)cn1. The molecule has 2 aliphatic rings. The van der Waals surface area contributed by atoms with Crippen LogP contribution in [0.5, 0.6) is 0 Å². The molecule has 0 saturated heterocycles. The second-order valence-electron chi connectivity index (χ2n) is 8.23. The number of rotatable bonds is 7. The number of nitrogen functional groups attached to an aromatic ring is 1. The average Bonchev–Trinajstić information content (AvgIpc) is 3.31. The van der Waals surface area contributed by atoms with Gasteiger partial charge in [0.25, 0.3) is 0 Å². The molecule has 3 aromatic rings. The van der Waals surface area contributed by atoms with E-state index >= 15 is 0 Å². The number of thioether (sulfide) groups is 1. The lowest BCUT2D eigenvalue weighted by Crippen LogP contribution is -2.36. The average molecular weight is 493 g/mol. The van der Waals surface area contributed by atoms with Crippen LogP contribution in [0.4, 0.5) is 16.3 Å². The molecule has 34 heavy (non-hydrogen) atoms. The van der Waals surface area contributed by atoms with Crippen LogP contribution in [-0.2, 0) is 11.3 Å². The molecule has 0 radical (unpaired) electrons. The first kappa shape index (κ1) is 22.4. The number of hydrogen-bond acceptors (Lipinski definition) is 7. The maximum atomic E-state index is 12.9. The molecule has 0 bridgehead atoms. The van der Waals surface area contributed by atoms with Crippen LogP contribution in [0.1, 0.15) is 35.6 Å². The molecule has 10 heteroatoms. The van der Waals surface area contributed by atoms with Crippen molar-refractivity contribution in [3.05, 3.63) is 76.1 Å². The van der Waals surface area contributed by atoms with E-state index in [0.717, 1.165) is 34.6 Å². The van der Waals surface area contributed by atoms with Gasteiger partial charge in [0.05, 0.1) is 11.1 Å². The van der Waals surface area contributed by atoms with E-state index in [1.54, 1.807) is 23.6 Å². The summed E-state index contributed by atoms with van der Waals surface area (Å²) in [5.41, 5.74) is 9.09. The number of nitrogens with zero attached hydrogens (tertiary/aromatic N) is 2. The standard InChI is InChI=1S/C24H24N6O2S2/c25-19-8-1-14(11-26-19)12-27-24(32)29-18-4-2-15(3-5-18)23-30-20(16-9-10-33-13-16)21(34-23)22(31)28-17-6-7-17/h1-5,8-11,13,17,20-21H,6-7,12H2,(H2,25,26)(H,28,31)(H2,27,29,32). The molecular formula is C24H24N6O2S2. The molecule has 3 heterocycles. The highest BCUT2D eigenvalue weighted by Gasteiger charge is 2.39. The third-order valence-corrected chi connectivity index (χ3v) is 7.53. The molecule has 2 aromatic heterocycles. The number of hydrogen-bond donors (Lipinski definition) is 4. The molecule has 3 amide bonds. The van der Waals surface area contributed by atoms with Gasteiger partial charge in [-0.2, -0.15) is 11.3 Å². The number of nitrogens with one attached hydrogen (secondary N) is 3. The quantitative estimate of drug-likeness (QED) is 0.398. The van der Waals surface area contributed by atoms with Gasteiger partial charge in [-0.1, -0.05) is 30.0 Å². The lowest BCUT2D eigenvalue weighted by molar-refractivity contribution is -0.121. The Hall–Kier alpha value is -3.37. The molecule has 5 N–H and O–H groups in total. The fourth-order valence-electron chi connectivity index (χ4n) is 3.55. The molecule has 2 unspecified atom stereocenters. The van der Waals surface area contributed by atoms with Crippen LogP contribution in [0, 0.1) is 0 Å². The van der Waals surface area contributed by atoms with Crippen molar-refractivity contribution in [3.63, 3.8) is 0 Å². The van der Waals surface area contributed by atoms with Gasteiger partial charge in [-0.3, -0.25) is 9.79 Å². The number of carbonyl (C=O) groups excluding carboxylic acids is 2. The summed E-state index contributed by atoms with van der Waals surface area (Å²) in [6.07, 6.45) is 3.74. The number of aliphatic imine (C=N–C) groups is 1. The number of aromatic nitrogens is 1. The van der Waals surface area contributed by atoms with E-state index in [9.17, 15) is 9.59 Å². The number of amides is 3. The molecule has 174 valence electrons. The van der Waals surface area contributed by atoms with Crippen molar-refractivity contribution in [2.75, 3.05) is 11.1 Å². The van der Waals surface area contributed by atoms with E-state index in [1.807, 2.05) is 41.8 Å². The van der Waals surface area contributed by atoms with Crippen LogP contribution >= 0.6 is 23.1 Å². The summed E-state index contributed by atoms with van der Waals surface area (Å²) in [6.45, 7) is 0.346. The fourth-order valence-corrected chi connectivity index (χ4v) is 5.45. The van der Waals surface area contributed by atoms with E-state index in [4.69, 9.17) is 10.7 Å². The van der Waals surface area contributed by atoms with Crippen LogP contribution in [0.15, 0.2) is 64.4 Å². The van der Waals surface area contributed by atoms with Gasteiger partial charge < -0.3 is 21.7 Å². The third-order valence-electron chi connectivity index (χ3n) is 5.54. The second kappa shape index (κ2) is 9.86. The van der Waals surface area contributed by atoms with Gasteiger partial charge in [-0.05, 0) is 59.0 Å². The number of urea groups is 1. The van der Waals surface area contributed by atoms with Gasteiger partial charge in [0, 0.05) is 30.0 Å². The summed E-state index contributed by atoms with van der Waals surface area (Å²) in [4.78, 5) is 34.0. The Kier molecular flexibility index (Phi) is 6.50. The van der Waals surface area contributed by atoms with E-state index in [1.165, 1.54) is 11.8 Å². The first-order valence-electron chi connectivity index (χ1n) is 11.0. The third kappa shape index (κ3) is 5.40. The molecule has 1 saturated carbocycles. The minimum Gasteiger partial charge on any atom is -0.384 e. The van der Waals surface area contributed by atoms with Crippen LogP contribution in [0.3, 0.4) is 0 Å². The number of nitrogens with two attached hydrogens (primary N) is 1. The Morgan fingerprint density at radius 1 is 1.09 bits per heavy atom. The predicted octanol–water partition coefficient (Wildman–Crippen LogP) is 3.93. The minimum absolute atomic E-state index is 0.0497. The monoisotopic (exact) mass is 492 g/mol. The number of pyridine rings is 1. The lowest BCUT2D eigenvalue weighted by atomic mass is 10.1. The van der Waals surface area contributed by atoms with Crippen molar-refractivity contribution in [2.24, 2.45) is 4.99 Å². The summed E-state index contributed by atoms with van der Waals surface area (Å²) in [5, 5.41) is 13.4. The molecule has 5 rings (SSSR count).